The van der Waals surface area contributed by atoms with Crippen molar-refractivity contribution < 1.29 is 14.1 Å². The summed E-state index contributed by atoms with van der Waals surface area (Å²) in [6.07, 6.45) is 5.75. The minimum absolute atomic E-state index is 0.0559. The molecule has 0 atom stereocenters. The third kappa shape index (κ3) is 4.18. The maximum Gasteiger partial charge on any atom is 0.252 e. The van der Waals surface area contributed by atoms with Gasteiger partial charge in [-0.15, -0.1) is 10.2 Å². The second-order valence-corrected chi connectivity index (χ2v) is 5.89. The summed E-state index contributed by atoms with van der Waals surface area (Å²) in [7, 11) is 0. The number of hydrogen-bond donors (Lipinski definition) is 1. The third-order valence-corrected chi connectivity index (χ3v) is 3.92. The van der Waals surface area contributed by atoms with Gasteiger partial charge in [-0.05, 0) is 24.3 Å². The molecular weight excluding hydrogens is 362 g/mol. The van der Waals surface area contributed by atoms with Crippen LogP contribution in [0, 0.1) is 0 Å². The largest absolute Gasteiger partial charge is 0.362 e. The molecule has 0 aromatic carbocycles. The lowest BCUT2D eigenvalue weighted by atomic mass is 10.2. The SMILES string of the molecule is O=C(COCc1nc(-c2ccncc2)no1)NCCc1nnc2ccccn12. The highest BCUT2D eigenvalue weighted by molar-refractivity contribution is 5.77. The zero-order valence-electron chi connectivity index (χ0n) is 14.9. The molecule has 142 valence electrons. The Morgan fingerprint density at radius 2 is 2.07 bits per heavy atom. The number of rotatable bonds is 8. The van der Waals surface area contributed by atoms with Crippen LogP contribution < -0.4 is 5.32 Å². The van der Waals surface area contributed by atoms with Crippen molar-refractivity contribution in [1.29, 1.82) is 0 Å². The molecule has 4 heterocycles. The summed E-state index contributed by atoms with van der Waals surface area (Å²) in [6.45, 7) is 0.387. The van der Waals surface area contributed by atoms with E-state index in [2.05, 4.69) is 30.6 Å². The predicted molar refractivity (Wildman–Crippen MR) is 96.9 cm³/mol. The minimum atomic E-state index is -0.234. The lowest BCUT2D eigenvalue weighted by Crippen LogP contribution is -2.29. The molecule has 28 heavy (non-hydrogen) atoms. The number of hydrogen-bond acceptors (Lipinski definition) is 8. The summed E-state index contributed by atoms with van der Waals surface area (Å²) >= 11 is 0. The van der Waals surface area contributed by atoms with Gasteiger partial charge in [0.25, 0.3) is 5.89 Å². The van der Waals surface area contributed by atoms with E-state index >= 15 is 0 Å². The van der Waals surface area contributed by atoms with Crippen molar-refractivity contribution in [3.63, 3.8) is 0 Å². The molecule has 0 bridgehead atoms. The van der Waals surface area contributed by atoms with Crippen molar-refractivity contribution in [1.82, 2.24) is 35.0 Å². The van der Waals surface area contributed by atoms with Gasteiger partial charge in [-0.25, -0.2) is 0 Å². The number of ether oxygens (including phenoxy) is 1. The van der Waals surface area contributed by atoms with Crippen LogP contribution in [0.2, 0.25) is 0 Å². The van der Waals surface area contributed by atoms with Crippen molar-refractivity contribution in [2.24, 2.45) is 0 Å². The van der Waals surface area contributed by atoms with E-state index < -0.39 is 0 Å². The second-order valence-electron chi connectivity index (χ2n) is 5.89. The molecule has 10 heteroatoms. The summed E-state index contributed by atoms with van der Waals surface area (Å²) in [5.41, 5.74) is 1.57. The van der Waals surface area contributed by atoms with Crippen molar-refractivity contribution >= 4 is 11.6 Å². The van der Waals surface area contributed by atoms with Crippen LogP contribution in [-0.2, 0) is 22.6 Å². The third-order valence-electron chi connectivity index (χ3n) is 3.92. The van der Waals surface area contributed by atoms with E-state index in [1.54, 1.807) is 24.5 Å². The molecule has 0 spiro atoms. The number of carbonyl (C=O) groups excluding carboxylic acids is 1. The van der Waals surface area contributed by atoms with Gasteiger partial charge in [0.1, 0.15) is 19.0 Å². The molecule has 4 aromatic rings. The zero-order valence-corrected chi connectivity index (χ0v) is 14.9. The van der Waals surface area contributed by atoms with Gasteiger partial charge in [0.05, 0.1) is 0 Å². The highest BCUT2D eigenvalue weighted by atomic mass is 16.5. The van der Waals surface area contributed by atoms with Gasteiger partial charge < -0.3 is 14.6 Å². The van der Waals surface area contributed by atoms with Crippen LogP contribution in [0.5, 0.6) is 0 Å². The lowest BCUT2D eigenvalue weighted by Gasteiger charge is -2.04. The molecule has 0 fully saturated rings. The summed E-state index contributed by atoms with van der Waals surface area (Å²) in [6, 6.07) is 9.24. The molecule has 0 aliphatic rings. The minimum Gasteiger partial charge on any atom is -0.362 e. The number of carbonyl (C=O) groups is 1. The Labute approximate surface area is 159 Å². The topological polar surface area (TPSA) is 120 Å². The van der Waals surface area contributed by atoms with E-state index in [4.69, 9.17) is 9.26 Å². The number of aromatic nitrogens is 6. The molecule has 1 N–H and O–H groups in total. The van der Waals surface area contributed by atoms with Crippen molar-refractivity contribution in [3.05, 3.63) is 60.6 Å². The zero-order chi connectivity index (χ0) is 19.2. The van der Waals surface area contributed by atoms with Crippen LogP contribution in [0.1, 0.15) is 11.7 Å². The second kappa shape index (κ2) is 8.35. The van der Waals surface area contributed by atoms with E-state index in [-0.39, 0.29) is 19.1 Å². The molecule has 0 radical (unpaired) electrons. The molecule has 0 aliphatic heterocycles. The quantitative estimate of drug-likeness (QED) is 0.482. The highest BCUT2D eigenvalue weighted by Gasteiger charge is 2.10. The molecule has 1 amide bonds. The molecule has 4 rings (SSSR count). The van der Waals surface area contributed by atoms with Crippen LogP contribution in [0.4, 0.5) is 0 Å². The number of amides is 1. The highest BCUT2D eigenvalue weighted by Crippen LogP contribution is 2.14. The summed E-state index contributed by atoms with van der Waals surface area (Å²) in [5.74, 6) is 1.30. The smallest absolute Gasteiger partial charge is 0.252 e. The van der Waals surface area contributed by atoms with Crippen LogP contribution in [0.15, 0.2) is 53.4 Å². The lowest BCUT2D eigenvalue weighted by molar-refractivity contribution is -0.126. The molecule has 0 aliphatic carbocycles. The predicted octanol–water partition coefficient (Wildman–Crippen LogP) is 1.05. The van der Waals surface area contributed by atoms with Gasteiger partial charge in [-0.2, -0.15) is 4.98 Å². The molecule has 10 nitrogen and oxygen atoms in total. The standard InChI is InChI=1S/C18H17N7O3/c26-16(20-9-6-15-23-22-14-3-1-2-10-25(14)15)11-27-12-17-21-18(24-28-17)13-4-7-19-8-5-13/h1-5,7-8,10H,6,9,11-12H2,(H,20,26). The maximum absolute atomic E-state index is 11.9. The van der Waals surface area contributed by atoms with Crippen molar-refractivity contribution in [2.75, 3.05) is 13.2 Å². The van der Waals surface area contributed by atoms with Gasteiger partial charge in [0.15, 0.2) is 5.65 Å². The molecular formula is C18H17N7O3. The Morgan fingerprint density at radius 1 is 1.18 bits per heavy atom. The number of nitrogens with one attached hydrogen (secondary N) is 1. The van der Waals surface area contributed by atoms with Crippen LogP contribution in [0.3, 0.4) is 0 Å². The first-order valence-corrected chi connectivity index (χ1v) is 8.65. The fourth-order valence-electron chi connectivity index (χ4n) is 2.59. The fourth-order valence-corrected chi connectivity index (χ4v) is 2.59. The van der Waals surface area contributed by atoms with Gasteiger partial charge in [-0.1, -0.05) is 11.2 Å². The van der Waals surface area contributed by atoms with Gasteiger partial charge >= 0.3 is 0 Å². The van der Waals surface area contributed by atoms with Crippen LogP contribution >= 0.6 is 0 Å². The Hall–Kier alpha value is -3.66. The molecule has 4 aromatic heterocycles. The summed E-state index contributed by atoms with van der Waals surface area (Å²) in [5, 5.41) is 14.9. The Kier molecular flexibility index (Phi) is 5.29. The average molecular weight is 379 g/mol. The monoisotopic (exact) mass is 379 g/mol. The Morgan fingerprint density at radius 3 is 2.96 bits per heavy atom. The Balaban J connectivity index is 1.19. The summed E-state index contributed by atoms with van der Waals surface area (Å²) < 4.78 is 12.3. The van der Waals surface area contributed by atoms with E-state index in [0.717, 1.165) is 17.0 Å². The number of fused-ring (bicyclic) bond motifs is 1. The van der Waals surface area contributed by atoms with E-state index in [0.29, 0.717) is 24.7 Å². The van der Waals surface area contributed by atoms with E-state index in [1.807, 2.05) is 28.8 Å². The van der Waals surface area contributed by atoms with E-state index in [1.165, 1.54) is 0 Å². The number of pyridine rings is 2. The van der Waals surface area contributed by atoms with Crippen LogP contribution in [-0.4, -0.2) is 48.8 Å². The number of nitrogens with zero attached hydrogens (tertiary/aromatic N) is 6. The van der Waals surface area contributed by atoms with E-state index in [9.17, 15) is 4.79 Å². The van der Waals surface area contributed by atoms with Gasteiger partial charge in [0, 0.05) is 37.1 Å². The molecule has 0 saturated carbocycles. The first kappa shape index (κ1) is 17.7. The summed E-state index contributed by atoms with van der Waals surface area (Å²) in [4.78, 5) is 20.1. The Bertz CT molecular complexity index is 1060. The molecule has 0 saturated heterocycles. The van der Waals surface area contributed by atoms with Crippen molar-refractivity contribution in [3.8, 4) is 11.4 Å². The van der Waals surface area contributed by atoms with Gasteiger partial charge in [0.2, 0.25) is 11.7 Å². The first-order valence-electron chi connectivity index (χ1n) is 8.65. The maximum atomic E-state index is 11.9. The van der Waals surface area contributed by atoms with Gasteiger partial charge in [-0.3, -0.25) is 14.2 Å². The average Bonchev–Trinajstić information content (AvgIpc) is 3.36. The fraction of sp³-hybridized carbons (Fsp3) is 0.222. The first-order chi connectivity index (χ1) is 13.8. The molecule has 0 unspecified atom stereocenters. The normalized spacial score (nSPS) is 11.0. The van der Waals surface area contributed by atoms with Crippen LogP contribution in [0.25, 0.3) is 17.0 Å². The van der Waals surface area contributed by atoms with Crippen molar-refractivity contribution in [2.45, 2.75) is 13.0 Å².